The lowest BCUT2D eigenvalue weighted by Gasteiger charge is -1.81. The van der Waals surface area contributed by atoms with Crippen LogP contribution < -0.4 is 0 Å². The topological polar surface area (TPSA) is 17.1 Å². The Hall–Kier alpha value is -0.890. The van der Waals surface area contributed by atoms with Crippen molar-refractivity contribution < 1.29 is 4.79 Å². The molecule has 0 fully saturated rings. The molecule has 1 aromatic heterocycles. The number of thiophene rings is 1. The molecule has 0 atom stereocenters. The molecule has 1 aromatic rings. The van der Waals surface area contributed by atoms with E-state index in [0.29, 0.717) is 0 Å². The molecule has 0 aliphatic heterocycles. The maximum atomic E-state index is 10.8. The van der Waals surface area contributed by atoms with Crippen LogP contribution in [0, 0.1) is 0 Å². The molecule has 0 spiro atoms. The molecule has 9 heavy (non-hydrogen) atoms. The predicted octanol–water partition coefficient (Wildman–Crippen LogP) is 2.12. The minimum Gasteiger partial charge on any atom is -0.288 e. The van der Waals surface area contributed by atoms with Gasteiger partial charge in [0.15, 0.2) is 5.78 Å². The van der Waals surface area contributed by atoms with Gasteiger partial charge in [-0.25, -0.2) is 0 Å². The molecule has 46 valence electrons. The van der Waals surface area contributed by atoms with Crippen molar-refractivity contribution in [3.8, 4) is 0 Å². The summed E-state index contributed by atoms with van der Waals surface area (Å²) in [4.78, 5) is 11.5. The van der Waals surface area contributed by atoms with E-state index in [1.807, 2.05) is 11.4 Å². The minimum absolute atomic E-state index is 0.00463. The summed E-state index contributed by atoms with van der Waals surface area (Å²) in [5, 5.41) is 1.87. The van der Waals surface area contributed by atoms with Gasteiger partial charge >= 0.3 is 0 Å². The van der Waals surface area contributed by atoms with E-state index in [1.165, 1.54) is 17.4 Å². The zero-order valence-corrected chi connectivity index (χ0v) is 5.65. The molecule has 2 heteroatoms. The summed E-state index contributed by atoms with van der Waals surface area (Å²) in [5.74, 6) is 0.00463. The first-order chi connectivity index (χ1) is 4.34. The summed E-state index contributed by atoms with van der Waals surface area (Å²) in [6.45, 7) is 3.37. The van der Waals surface area contributed by atoms with Crippen LogP contribution in [0.4, 0.5) is 0 Å². The fourth-order valence-electron chi connectivity index (χ4n) is 0.519. The van der Waals surface area contributed by atoms with Crippen molar-refractivity contribution in [3.05, 3.63) is 35.0 Å². The molecule has 0 aliphatic carbocycles. The van der Waals surface area contributed by atoms with E-state index in [0.717, 1.165) is 4.88 Å². The average Bonchev–Trinajstić information content (AvgIpc) is 2.37. The molecular weight excluding hydrogens is 134 g/mol. The van der Waals surface area contributed by atoms with E-state index in [1.54, 1.807) is 6.07 Å². The summed E-state index contributed by atoms with van der Waals surface area (Å²) in [6.07, 6.45) is 1.33. The van der Waals surface area contributed by atoms with Crippen molar-refractivity contribution >= 4 is 17.1 Å². The molecule has 0 saturated carbocycles. The lowest BCUT2D eigenvalue weighted by Crippen LogP contribution is -1.86. The zero-order chi connectivity index (χ0) is 6.69. The van der Waals surface area contributed by atoms with Crippen LogP contribution in [0.25, 0.3) is 0 Å². The molecule has 0 aliphatic rings. The molecule has 0 unspecified atom stereocenters. The van der Waals surface area contributed by atoms with E-state index < -0.39 is 0 Å². The van der Waals surface area contributed by atoms with Gasteiger partial charge in [0, 0.05) is 0 Å². The molecule has 0 saturated heterocycles. The maximum Gasteiger partial charge on any atom is 0.195 e. The van der Waals surface area contributed by atoms with Crippen molar-refractivity contribution in [1.82, 2.24) is 0 Å². The Morgan fingerprint density at radius 2 is 2.56 bits per heavy atom. The van der Waals surface area contributed by atoms with Gasteiger partial charge in [-0.2, -0.15) is 0 Å². The van der Waals surface area contributed by atoms with Crippen molar-refractivity contribution in [2.45, 2.75) is 0 Å². The van der Waals surface area contributed by atoms with Gasteiger partial charge in [-0.3, -0.25) is 4.79 Å². The minimum atomic E-state index is 0.00463. The molecule has 0 amide bonds. The fourth-order valence-corrected chi connectivity index (χ4v) is 1.18. The first-order valence-electron chi connectivity index (χ1n) is 2.55. The highest BCUT2D eigenvalue weighted by molar-refractivity contribution is 7.12. The van der Waals surface area contributed by atoms with Crippen molar-refractivity contribution in [2.75, 3.05) is 0 Å². The lowest BCUT2D eigenvalue weighted by atomic mass is 10.6. The molecular formula is C7H6OS. The number of allylic oxidation sites excluding steroid dienone is 1. The first-order valence-corrected chi connectivity index (χ1v) is 3.43. The SMILES string of the molecule is C=C[14C](=O)c1cccs1. The number of carbonyl (C=O) groups excluding carboxylic acids is 1. The van der Waals surface area contributed by atoms with Crippen molar-refractivity contribution in [1.29, 1.82) is 0 Å². The number of hydrogen-bond donors (Lipinski definition) is 0. The van der Waals surface area contributed by atoms with Crippen LogP contribution in [-0.2, 0) is 0 Å². The van der Waals surface area contributed by atoms with Gasteiger partial charge in [-0.1, -0.05) is 12.6 Å². The molecule has 0 N–H and O–H groups in total. The fraction of sp³-hybridized carbons (Fsp3) is 0. The second-order valence-electron chi connectivity index (χ2n) is 1.55. The lowest BCUT2D eigenvalue weighted by molar-refractivity contribution is 0.105. The molecule has 1 nitrogen and oxygen atoms in total. The third-order valence-corrected chi connectivity index (χ3v) is 1.83. The average molecular weight is 140 g/mol. The van der Waals surface area contributed by atoms with Crippen LogP contribution in [-0.4, -0.2) is 5.78 Å². The van der Waals surface area contributed by atoms with E-state index in [9.17, 15) is 4.79 Å². The standard InChI is InChI=1S/C7H6OS/c1-2-6(8)7-4-3-5-9-7/h2-5H,1H2/i6+2. The van der Waals surface area contributed by atoms with Crippen LogP contribution in [0.15, 0.2) is 30.2 Å². The quantitative estimate of drug-likeness (QED) is 0.454. The summed E-state index contributed by atoms with van der Waals surface area (Å²) < 4.78 is 0. The van der Waals surface area contributed by atoms with E-state index in [4.69, 9.17) is 0 Å². The number of rotatable bonds is 2. The van der Waals surface area contributed by atoms with Crippen LogP contribution in [0.3, 0.4) is 0 Å². The highest BCUT2D eigenvalue weighted by atomic mass is 32.1. The molecule has 1 heterocycles. The largest absolute Gasteiger partial charge is 0.288 e. The van der Waals surface area contributed by atoms with Gasteiger partial charge in [-0.15, -0.1) is 11.3 Å². The Morgan fingerprint density at radius 1 is 1.78 bits per heavy atom. The second kappa shape index (κ2) is 2.60. The Balaban J connectivity index is 2.89. The van der Waals surface area contributed by atoms with E-state index >= 15 is 0 Å². The van der Waals surface area contributed by atoms with Gasteiger partial charge in [0.25, 0.3) is 0 Å². The Bertz CT molecular complexity index is 211. The third kappa shape index (κ3) is 1.27. The van der Waals surface area contributed by atoms with Crippen LogP contribution >= 0.6 is 11.3 Å². The summed E-state index contributed by atoms with van der Waals surface area (Å²) in [6, 6.07) is 3.64. The molecule has 0 aromatic carbocycles. The maximum absolute atomic E-state index is 10.8. The molecule has 1 rings (SSSR count). The monoisotopic (exact) mass is 140 g/mol. The normalized spacial score (nSPS) is 8.89. The third-order valence-electron chi connectivity index (χ3n) is 0.949. The summed E-state index contributed by atoms with van der Waals surface area (Å²) >= 11 is 1.43. The molecule has 0 bridgehead atoms. The van der Waals surface area contributed by atoms with Crippen molar-refractivity contribution in [3.63, 3.8) is 0 Å². The summed E-state index contributed by atoms with van der Waals surface area (Å²) in [7, 11) is 0. The van der Waals surface area contributed by atoms with Gasteiger partial charge in [-0.05, 0) is 17.5 Å². The van der Waals surface area contributed by atoms with Gasteiger partial charge in [0.2, 0.25) is 0 Å². The van der Waals surface area contributed by atoms with Crippen LogP contribution in [0.5, 0.6) is 0 Å². The molecule has 0 radical (unpaired) electrons. The smallest absolute Gasteiger partial charge is 0.195 e. The van der Waals surface area contributed by atoms with Gasteiger partial charge < -0.3 is 0 Å². The highest BCUT2D eigenvalue weighted by Crippen LogP contribution is 2.08. The zero-order valence-electron chi connectivity index (χ0n) is 4.83. The van der Waals surface area contributed by atoms with Crippen LogP contribution in [0.1, 0.15) is 9.67 Å². The summed E-state index contributed by atoms with van der Waals surface area (Å²) in [5.41, 5.74) is 0. The first kappa shape index (κ1) is 6.23. The van der Waals surface area contributed by atoms with Gasteiger partial charge in [0.05, 0.1) is 4.88 Å². The number of hydrogen-bond acceptors (Lipinski definition) is 2. The van der Waals surface area contributed by atoms with E-state index in [2.05, 4.69) is 6.58 Å². The number of carbonyl (C=O) groups is 1. The van der Waals surface area contributed by atoms with Crippen LogP contribution in [0.2, 0.25) is 0 Å². The Labute approximate surface area is 57.6 Å². The predicted molar refractivity (Wildman–Crippen MR) is 38.8 cm³/mol. The second-order valence-corrected chi connectivity index (χ2v) is 2.49. The van der Waals surface area contributed by atoms with Gasteiger partial charge in [0.1, 0.15) is 0 Å². The van der Waals surface area contributed by atoms with E-state index in [-0.39, 0.29) is 5.78 Å². The highest BCUT2D eigenvalue weighted by Gasteiger charge is 1.98. The Morgan fingerprint density at radius 3 is 3.00 bits per heavy atom. The van der Waals surface area contributed by atoms with Crippen molar-refractivity contribution in [2.24, 2.45) is 0 Å². The number of ketones is 1. The Kier molecular flexibility index (Phi) is 1.80.